The van der Waals surface area contributed by atoms with E-state index < -0.39 is 18.0 Å². The Balaban J connectivity index is 1.65. The van der Waals surface area contributed by atoms with Gasteiger partial charge < -0.3 is 15.2 Å². The molecular weight excluding hydrogens is 439 g/mol. The van der Waals surface area contributed by atoms with Crippen LogP contribution in [-0.2, 0) is 0 Å². The minimum atomic E-state index is -4.97. The summed E-state index contributed by atoms with van der Waals surface area (Å²) in [6.45, 7) is 0.141. The fourth-order valence-corrected chi connectivity index (χ4v) is 3.98. The van der Waals surface area contributed by atoms with Gasteiger partial charge in [0, 0.05) is 36.7 Å². The maximum Gasteiger partial charge on any atom is 0.573 e. The number of nitrogens with one attached hydrogen (secondary N) is 1. The molecule has 8 nitrogen and oxygen atoms in total. The number of halogens is 3. The highest BCUT2D eigenvalue weighted by molar-refractivity contribution is 6.06. The number of carbonyl (C=O) groups is 1. The molecule has 2 heterocycles. The van der Waals surface area contributed by atoms with E-state index in [1.165, 1.54) is 24.5 Å². The van der Waals surface area contributed by atoms with Crippen LogP contribution in [0.1, 0.15) is 47.6 Å². The lowest BCUT2D eigenvalue weighted by Crippen LogP contribution is -2.20. The topological polar surface area (TPSA) is 113 Å². The van der Waals surface area contributed by atoms with Gasteiger partial charge in [0.15, 0.2) is 5.75 Å². The third-order valence-electron chi connectivity index (χ3n) is 5.68. The van der Waals surface area contributed by atoms with Gasteiger partial charge in [-0.2, -0.15) is 10.4 Å². The summed E-state index contributed by atoms with van der Waals surface area (Å²) >= 11 is 0. The summed E-state index contributed by atoms with van der Waals surface area (Å²) in [7, 11) is 0. The van der Waals surface area contributed by atoms with Gasteiger partial charge in [0.05, 0.1) is 28.4 Å². The molecule has 0 atom stereocenters. The van der Waals surface area contributed by atoms with E-state index in [1.807, 2.05) is 6.07 Å². The van der Waals surface area contributed by atoms with E-state index in [4.69, 9.17) is 5.26 Å². The van der Waals surface area contributed by atoms with E-state index in [1.54, 1.807) is 10.9 Å². The van der Waals surface area contributed by atoms with Gasteiger partial charge in [-0.05, 0) is 43.7 Å². The molecule has 0 unspecified atom stereocenters. The molecule has 2 N–H and O–H groups in total. The van der Waals surface area contributed by atoms with Gasteiger partial charge in [-0.25, -0.2) is 0 Å². The number of carbonyl (C=O) groups excluding carboxylic acids is 1. The molecule has 172 valence electrons. The fourth-order valence-electron chi connectivity index (χ4n) is 3.98. The third-order valence-corrected chi connectivity index (χ3v) is 5.68. The molecule has 1 fully saturated rings. The number of aliphatic hydroxyl groups is 1. The monoisotopic (exact) mass is 459 g/mol. The first-order chi connectivity index (χ1) is 15.8. The zero-order valence-corrected chi connectivity index (χ0v) is 17.3. The second-order valence-corrected chi connectivity index (χ2v) is 7.95. The molecule has 1 aliphatic rings. The molecule has 0 bridgehead atoms. The van der Waals surface area contributed by atoms with Crippen molar-refractivity contribution in [2.75, 3.05) is 11.9 Å². The molecule has 3 aromatic rings. The van der Waals surface area contributed by atoms with Crippen molar-refractivity contribution in [3.05, 3.63) is 47.9 Å². The van der Waals surface area contributed by atoms with Crippen LogP contribution < -0.4 is 10.1 Å². The van der Waals surface area contributed by atoms with Crippen molar-refractivity contribution in [3.63, 3.8) is 0 Å². The van der Waals surface area contributed by atoms with Crippen molar-refractivity contribution in [3.8, 4) is 11.8 Å². The minimum Gasteiger partial charge on any atom is -0.403 e. The summed E-state index contributed by atoms with van der Waals surface area (Å²) in [5, 5.41) is 25.7. The number of rotatable bonds is 5. The zero-order valence-electron chi connectivity index (χ0n) is 17.3. The Hall–Kier alpha value is -3.65. The highest BCUT2D eigenvalue weighted by atomic mass is 19.4. The first kappa shape index (κ1) is 22.5. The van der Waals surface area contributed by atoms with Crippen LogP contribution in [0.25, 0.3) is 10.9 Å². The van der Waals surface area contributed by atoms with Gasteiger partial charge in [0.1, 0.15) is 6.07 Å². The summed E-state index contributed by atoms with van der Waals surface area (Å²) in [5.74, 6) is -1.07. The van der Waals surface area contributed by atoms with Crippen molar-refractivity contribution in [2.45, 2.75) is 38.1 Å². The standard InChI is InChI=1S/C22H20F3N5O3/c23-22(24,25)33-20-7-18-16(11-30(29-18)17-3-1-13(12-31)2-4-17)6-19(20)28-21(32)15-5-14(8-26)9-27-10-15/h5-7,9-11,13,17,31H,1-4,12H2,(H,28,32). The number of pyridine rings is 1. The number of aromatic nitrogens is 3. The Labute approximate surface area is 186 Å². The highest BCUT2D eigenvalue weighted by Crippen LogP contribution is 2.37. The number of anilines is 1. The molecule has 1 saturated carbocycles. The number of nitriles is 1. The zero-order chi connectivity index (χ0) is 23.6. The molecule has 4 rings (SSSR count). The van der Waals surface area contributed by atoms with Crippen LogP contribution in [0.5, 0.6) is 5.75 Å². The first-order valence-corrected chi connectivity index (χ1v) is 10.3. The molecule has 1 amide bonds. The van der Waals surface area contributed by atoms with Crippen LogP contribution in [0.3, 0.4) is 0 Å². The van der Waals surface area contributed by atoms with Crippen LogP contribution in [0.15, 0.2) is 36.8 Å². The second kappa shape index (κ2) is 9.07. The summed E-state index contributed by atoms with van der Waals surface area (Å²) < 4.78 is 44.9. The van der Waals surface area contributed by atoms with Gasteiger partial charge in [-0.1, -0.05) is 0 Å². The first-order valence-electron chi connectivity index (χ1n) is 10.3. The molecule has 2 aromatic heterocycles. The Morgan fingerprint density at radius 2 is 2.00 bits per heavy atom. The SMILES string of the molecule is N#Cc1cncc(C(=O)Nc2cc3cn(C4CCC(CO)CC4)nc3cc2OC(F)(F)F)c1. The molecule has 0 radical (unpaired) electrons. The van der Waals surface area contributed by atoms with Crippen LogP contribution in [0, 0.1) is 17.2 Å². The van der Waals surface area contributed by atoms with Gasteiger partial charge in [0.25, 0.3) is 5.91 Å². The van der Waals surface area contributed by atoms with E-state index >= 15 is 0 Å². The predicted molar refractivity (Wildman–Crippen MR) is 111 cm³/mol. The molecule has 0 aliphatic heterocycles. The molecule has 1 aliphatic carbocycles. The van der Waals surface area contributed by atoms with Gasteiger partial charge >= 0.3 is 6.36 Å². The van der Waals surface area contributed by atoms with Crippen molar-refractivity contribution < 1.29 is 27.8 Å². The normalized spacial score (nSPS) is 18.6. The maximum atomic E-state index is 13.0. The summed E-state index contributed by atoms with van der Waals surface area (Å²) in [6.07, 6.45) is 2.52. The third kappa shape index (κ3) is 5.23. The van der Waals surface area contributed by atoms with Crippen LogP contribution >= 0.6 is 0 Å². The van der Waals surface area contributed by atoms with Crippen LogP contribution in [0.2, 0.25) is 0 Å². The summed E-state index contributed by atoms with van der Waals surface area (Å²) in [4.78, 5) is 16.4. The minimum absolute atomic E-state index is 0.0171. The van der Waals surface area contributed by atoms with E-state index in [0.717, 1.165) is 31.7 Å². The van der Waals surface area contributed by atoms with E-state index in [9.17, 15) is 23.1 Å². The smallest absolute Gasteiger partial charge is 0.403 e. The molecule has 1 aromatic carbocycles. The molecule has 11 heteroatoms. The molecule has 0 saturated heterocycles. The predicted octanol–water partition coefficient (Wildman–Crippen LogP) is 4.18. The Morgan fingerprint density at radius 3 is 2.67 bits per heavy atom. The number of ether oxygens (including phenoxy) is 1. The molecule has 33 heavy (non-hydrogen) atoms. The van der Waals surface area contributed by atoms with Crippen molar-refractivity contribution >= 4 is 22.5 Å². The molecular formula is C22H20F3N5O3. The number of nitrogens with zero attached hydrogens (tertiary/aromatic N) is 4. The Bertz CT molecular complexity index is 1210. The average molecular weight is 459 g/mol. The van der Waals surface area contributed by atoms with Crippen molar-refractivity contribution in [1.29, 1.82) is 5.26 Å². The lowest BCUT2D eigenvalue weighted by molar-refractivity contribution is -0.274. The lowest BCUT2D eigenvalue weighted by atomic mass is 9.87. The number of amides is 1. The van der Waals surface area contributed by atoms with Crippen molar-refractivity contribution in [2.24, 2.45) is 5.92 Å². The summed E-state index contributed by atoms with van der Waals surface area (Å²) in [5.41, 5.74) is 0.269. The quantitative estimate of drug-likeness (QED) is 0.592. The number of hydrogen-bond donors (Lipinski definition) is 2. The van der Waals surface area contributed by atoms with Gasteiger partial charge in [0.2, 0.25) is 0 Å². The lowest BCUT2D eigenvalue weighted by Gasteiger charge is -2.27. The number of aliphatic hydroxyl groups excluding tert-OH is 1. The van der Waals surface area contributed by atoms with Gasteiger partial charge in [-0.3, -0.25) is 14.5 Å². The Kier molecular flexibility index (Phi) is 6.20. The average Bonchev–Trinajstić information content (AvgIpc) is 3.21. The number of benzene rings is 1. The Morgan fingerprint density at radius 1 is 1.24 bits per heavy atom. The maximum absolute atomic E-state index is 13.0. The van der Waals surface area contributed by atoms with Gasteiger partial charge in [-0.15, -0.1) is 13.2 Å². The van der Waals surface area contributed by atoms with E-state index in [2.05, 4.69) is 20.1 Å². The largest absolute Gasteiger partial charge is 0.573 e. The second-order valence-electron chi connectivity index (χ2n) is 7.95. The molecule has 0 spiro atoms. The summed E-state index contributed by atoms with van der Waals surface area (Å²) in [6, 6.07) is 5.72. The number of alkyl halides is 3. The fraction of sp³-hybridized carbons (Fsp3) is 0.364. The van der Waals surface area contributed by atoms with E-state index in [0.29, 0.717) is 10.9 Å². The number of hydrogen-bond acceptors (Lipinski definition) is 6. The van der Waals surface area contributed by atoms with Crippen LogP contribution in [-0.4, -0.2) is 38.7 Å². The van der Waals surface area contributed by atoms with E-state index in [-0.39, 0.29) is 35.4 Å². The number of fused-ring (bicyclic) bond motifs is 1. The van der Waals surface area contributed by atoms with Crippen molar-refractivity contribution in [1.82, 2.24) is 14.8 Å². The highest BCUT2D eigenvalue weighted by Gasteiger charge is 2.33. The van der Waals surface area contributed by atoms with Crippen LogP contribution in [0.4, 0.5) is 18.9 Å².